The van der Waals surface area contributed by atoms with Crippen LogP contribution < -0.4 is 9.13 Å². The zero-order valence-electron chi connectivity index (χ0n) is 17.1. The third-order valence-electron chi connectivity index (χ3n) is 4.85. The Hall–Kier alpha value is -1.40. The number of aromatic nitrogens is 2. The minimum absolute atomic E-state index is 0.0436. The van der Waals surface area contributed by atoms with E-state index >= 15 is 0 Å². The maximum Gasteiger partial charge on any atom is 0.325 e. The number of rotatable bonds is 13. The first-order valence-corrected chi connectivity index (χ1v) is 13.8. The van der Waals surface area contributed by atoms with Crippen LogP contribution in [-0.2, 0) is 22.2 Å². The molecule has 4 N–H and O–H groups in total. The Bertz CT molecular complexity index is 788. The lowest BCUT2D eigenvalue weighted by atomic mass is 10.1. The predicted octanol–water partition coefficient (Wildman–Crippen LogP) is 2.62. The largest absolute Gasteiger partial charge is 0.325 e. The molecule has 0 spiro atoms. The van der Waals surface area contributed by atoms with Gasteiger partial charge >= 0.3 is 15.2 Å². The molecule has 0 aromatic carbocycles. The number of aryl methyl sites for hydroxylation is 2. The number of hydrogen-bond acceptors (Lipinski definition) is 2. The maximum absolute atomic E-state index is 10.8. The van der Waals surface area contributed by atoms with Gasteiger partial charge in [-0.15, -0.1) is 0 Å². The Labute approximate surface area is 177 Å². The molecular formula is C20H32N2O6P2+2. The molecular weight excluding hydrogens is 426 g/mol. The van der Waals surface area contributed by atoms with Crippen LogP contribution in [0.2, 0.25) is 0 Å². The van der Waals surface area contributed by atoms with Gasteiger partial charge in [-0.05, 0) is 36.8 Å². The summed E-state index contributed by atoms with van der Waals surface area (Å²) in [7, 11) is -7.75. The molecule has 0 radical (unpaired) electrons. The quantitative estimate of drug-likeness (QED) is 0.208. The summed E-state index contributed by atoms with van der Waals surface area (Å²) in [6, 6.07) is 8.21. The number of pyridine rings is 2. The molecule has 0 saturated carbocycles. The summed E-state index contributed by atoms with van der Waals surface area (Å²) < 4.78 is 25.8. The molecule has 2 heterocycles. The van der Waals surface area contributed by atoms with Gasteiger partial charge in [-0.25, -0.2) is 9.13 Å². The summed E-state index contributed by atoms with van der Waals surface area (Å²) in [6.07, 6.45) is 12.4. The molecule has 10 heteroatoms. The zero-order chi connectivity index (χ0) is 22.0. The molecule has 8 nitrogen and oxygen atoms in total. The smallest absolute Gasteiger partial charge is 0.324 e. The van der Waals surface area contributed by atoms with E-state index in [1.165, 1.54) is 0 Å². The molecule has 166 valence electrons. The van der Waals surface area contributed by atoms with Gasteiger partial charge in [0.15, 0.2) is 24.8 Å². The average Bonchev–Trinajstić information content (AvgIpc) is 2.67. The van der Waals surface area contributed by atoms with Crippen LogP contribution in [0.15, 0.2) is 49.1 Å². The van der Waals surface area contributed by atoms with Crippen molar-refractivity contribution in [3.8, 4) is 11.1 Å². The summed E-state index contributed by atoms with van der Waals surface area (Å²) in [6.45, 7) is 1.64. The van der Waals surface area contributed by atoms with Gasteiger partial charge in [0, 0.05) is 49.4 Å². The summed E-state index contributed by atoms with van der Waals surface area (Å²) in [5.41, 5.74) is 2.23. The number of nitrogens with zero attached hydrogens (tertiary/aromatic N) is 2. The van der Waals surface area contributed by atoms with E-state index in [1.807, 2.05) is 24.8 Å². The highest BCUT2D eigenvalue weighted by Gasteiger charge is 2.13. The van der Waals surface area contributed by atoms with Gasteiger partial charge in [0.05, 0.1) is 0 Å². The normalized spacial score (nSPS) is 12.3. The van der Waals surface area contributed by atoms with Crippen LogP contribution in [-0.4, -0.2) is 31.9 Å². The van der Waals surface area contributed by atoms with Gasteiger partial charge in [0.25, 0.3) is 0 Å². The Morgan fingerprint density at radius 2 is 0.900 bits per heavy atom. The average molecular weight is 458 g/mol. The fraction of sp³-hybridized carbons (Fsp3) is 0.500. The van der Waals surface area contributed by atoms with Crippen LogP contribution in [0.5, 0.6) is 0 Å². The summed E-state index contributed by atoms with van der Waals surface area (Å²) >= 11 is 0. The number of unbranched alkanes of at least 4 members (excludes halogenated alkanes) is 4. The van der Waals surface area contributed by atoms with Gasteiger partial charge in [-0.1, -0.05) is 0 Å². The lowest BCUT2D eigenvalue weighted by Crippen LogP contribution is -2.33. The minimum Gasteiger partial charge on any atom is -0.324 e. The SMILES string of the molecule is O=P(O)(O)CCCCC[n+]1ccc(-c2cc[n+](CCCCCP(=O)(O)O)cc2)cc1. The minimum atomic E-state index is -3.88. The Balaban J connectivity index is 1.74. The van der Waals surface area contributed by atoms with Gasteiger partial charge in [-0.2, -0.15) is 0 Å². The fourth-order valence-corrected chi connectivity index (χ4v) is 4.45. The molecule has 0 aliphatic carbocycles. The monoisotopic (exact) mass is 458 g/mol. The lowest BCUT2D eigenvalue weighted by Gasteiger charge is -2.04. The van der Waals surface area contributed by atoms with Crippen molar-refractivity contribution in [2.75, 3.05) is 12.3 Å². The van der Waals surface area contributed by atoms with Crippen molar-refractivity contribution in [3.63, 3.8) is 0 Å². The van der Waals surface area contributed by atoms with Crippen molar-refractivity contribution in [1.82, 2.24) is 0 Å². The molecule has 0 unspecified atom stereocenters. The van der Waals surface area contributed by atoms with E-state index in [2.05, 4.69) is 33.4 Å². The maximum atomic E-state index is 10.8. The van der Waals surface area contributed by atoms with Crippen LogP contribution in [0, 0.1) is 0 Å². The topological polar surface area (TPSA) is 123 Å². The van der Waals surface area contributed by atoms with Crippen molar-refractivity contribution >= 4 is 15.2 Å². The summed E-state index contributed by atoms with van der Waals surface area (Å²) in [5.74, 6) is 0. The van der Waals surface area contributed by atoms with E-state index in [1.54, 1.807) is 0 Å². The molecule has 0 bridgehead atoms. The van der Waals surface area contributed by atoms with Crippen LogP contribution in [0.25, 0.3) is 11.1 Å². The Morgan fingerprint density at radius 3 is 1.20 bits per heavy atom. The highest BCUT2D eigenvalue weighted by Crippen LogP contribution is 2.36. The van der Waals surface area contributed by atoms with E-state index in [0.717, 1.165) is 49.9 Å². The fourth-order valence-electron chi connectivity index (χ4n) is 3.18. The molecule has 2 rings (SSSR count). The van der Waals surface area contributed by atoms with Gasteiger partial charge in [0.2, 0.25) is 0 Å². The molecule has 2 aromatic rings. The molecule has 2 aromatic heterocycles. The van der Waals surface area contributed by atoms with Crippen molar-refractivity contribution in [1.29, 1.82) is 0 Å². The highest BCUT2D eigenvalue weighted by atomic mass is 31.2. The van der Waals surface area contributed by atoms with Crippen molar-refractivity contribution in [2.24, 2.45) is 0 Å². The first-order chi connectivity index (χ1) is 14.1. The number of hydrogen-bond donors (Lipinski definition) is 4. The molecule has 0 saturated heterocycles. The molecule has 0 amide bonds. The molecule has 0 aliphatic rings. The van der Waals surface area contributed by atoms with E-state index in [-0.39, 0.29) is 12.3 Å². The van der Waals surface area contributed by atoms with Crippen molar-refractivity contribution in [3.05, 3.63) is 49.1 Å². The second-order valence-electron chi connectivity index (χ2n) is 7.55. The van der Waals surface area contributed by atoms with E-state index in [0.29, 0.717) is 12.8 Å². The first-order valence-electron chi connectivity index (χ1n) is 10.2. The zero-order valence-corrected chi connectivity index (χ0v) is 18.9. The van der Waals surface area contributed by atoms with Gasteiger partial charge in [0.1, 0.15) is 13.1 Å². The third-order valence-corrected chi connectivity index (χ3v) is 6.64. The van der Waals surface area contributed by atoms with E-state index in [9.17, 15) is 9.13 Å². The summed E-state index contributed by atoms with van der Waals surface area (Å²) in [4.78, 5) is 35.4. The first kappa shape index (κ1) is 24.9. The van der Waals surface area contributed by atoms with Crippen molar-refractivity contribution in [2.45, 2.75) is 51.6 Å². The molecule has 0 fully saturated rings. The highest BCUT2D eigenvalue weighted by molar-refractivity contribution is 7.52. The van der Waals surface area contributed by atoms with E-state index < -0.39 is 15.2 Å². The molecule has 0 aliphatic heterocycles. The summed E-state index contributed by atoms with van der Waals surface area (Å²) in [5, 5.41) is 0. The Morgan fingerprint density at radius 1 is 0.567 bits per heavy atom. The third kappa shape index (κ3) is 10.6. The molecule has 30 heavy (non-hydrogen) atoms. The second-order valence-corrected chi connectivity index (χ2v) is 11.1. The van der Waals surface area contributed by atoms with Crippen LogP contribution in [0.4, 0.5) is 0 Å². The predicted molar refractivity (Wildman–Crippen MR) is 114 cm³/mol. The second kappa shape index (κ2) is 11.8. The van der Waals surface area contributed by atoms with Crippen LogP contribution in [0.1, 0.15) is 38.5 Å². The Kier molecular flexibility index (Phi) is 9.82. The van der Waals surface area contributed by atoms with Gasteiger partial charge < -0.3 is 19.6 Å². The van der Waals surface area contributed by atoms with E-state index in [4.69, 9.17) is 19.6 Å². The van der Waals surface area contributed by atoms with Crippen LogP contribution in [0.3, 0.4) is 0 Å². The van der Waals surface area contributed by atoms with Crippen molar-refractivity contribution < 1.29 is 37.8 Å². The van der Waals surface area contributed by atoms with Crippen LogP contribution >= 0.6 is 15.2 Å². The standard InChI is InChI=1S/C20H30N2O6P2/c23-29(24,25)17-5-1-3-11-21-13-7-19(8-14-21)20-9-15-22(16-10-20)12-4-2-6-18-30(26,27)28/h7-10,13-16H,1-6,11-12,17-18H2,(H2-2,23,24,25,26,27,28)/p+2. The lowest BCUT2D eigenvalue weighted by molar-refractivity contribution is -0.697. The molecule has 0 atom stereocenters. The van der Waals surface area contributed by atoms with Gasteiger partial charge in [-0.3, -0.25) is 9.13 Å².